The number of hydrogen-bond donors (Lipinski definition) is 1. The van der Waals surface area contributed by atoms with Crippen LogP contribution in [0.2, 0.25) is 0 Å². The van der Waals surface area contributed by atoms with E-state index < -0.39 is 0 Å². The first-order valence-electron chi connectivity index (χ1n) is 8.36. The summed E-state index contributed by atoms with van der Waals surface area (Å²) in [5.41, 5.74) is 1.76. The van der Waals surface area contributed by atoms with Gasteiger partial charge in [-0.25, -0.2) is 0 Å². The predicted octanol–water partition coefficient (Wildman–Crippen LogP) is 3.48. The van der Waals surface area contributed by atoms with Crippen molar-refractivity contribution in [2.24, 2.45) is 0 Å². The van der Waals surface area contributed by atoms with Crippen LogP contribution in [0.5, 0.6) is 11.5 Å². The normalized spacial score (nSPS) is 10.6. The molecule has 0 radical (unpaired) electrons. The van der Waals surface area contributed by atoms with Crippen LogP contribution in [0.1, 0.15) is 17.3 Å². The highest BCUT2D eigenvalue weighted by Crippen LogP contribution is 2.25. The molecule has 1 N–H and O–H groups in total. The fraction of sp³-hybridized carbons (Fsp3) is 0.250. The number of amides is 1. The van der Waals surface area contributed by atoms with Gasteiger partial charge < -0.3 is 19.4 Å². The van der Waals surface area contributed by atoms with E-state index in [2.05, 4.69) is 16.8 Å². The SMILES string of the molecule is CCn1cc(C(=O)NCCOc2ccccc2OC)c2ccccc21. The molecule has 0 saturated heterocycles. The van der Waals surface area contributed by atoms with Gasteiger partial charge in [0.05, 0.1) is 19.2 Å². The molecule has 0 bridgehead atoms. The number of para-hydroxylation sites is 3. The van der Waals surface area contributed by atoms with E-state index in [-0.39, 0.29) is 5.91 Å². The van der Waals surface area contributed by atoms with Crippen LogP contribution in [0.3, 0.4) is 0 Å². The third-order valence-electron chi connectivity index (χ3n) is 4.09. The van der Waals surface area contributed by atoms with E-state index >= 15 is 0 Å². The van der Waals surface area contributed by atoms with Crippen LogP contribution in [-0.2, 0) is 6.54 Å². The van der Waals surface area contributed by atoms with Crippen molar-refractivity contribution in [2.45, 2.75) is 13.5 Å². The Labute approximate surface area is 147 Å². The van der Waals surface area contributed by atoms with Crippen molar-refractivity contribution in [2.75, 3.05) is 20.3 Å². The summed E-state index contributed by atoms with van der Waals surface area (Å²) in [6, 6.07) is 15.4. The lowest BCUT2D eigenvalue weighted by Crippen LogP contribution is -2.28. The maximum absolute atomic E-state index is 12.5. The molecule has 0 aliphatic heterocycles. The van der Waals surface area contributed by atoms with Crippen molar-refractivity contribution < 1.29 is 14.3 Å². The molecule has 1 heterocycles. The summed E-state index contributed by atoms with van der Waals surface area (Å²) in [4.78, 5) is 12.5. The second-order valence-corrected chi connectivity index (χ2v) is 5.60. The molecular weight excluding hydrogens is 316 g/mol. The van der Waals surface area contributed by atoms with Crippen LogP contribution >= 0.6 is 0 Å². The van der Waals surface area contributed by atoms with E-state index in [0.29, 0.717) is 30.2 Å². The second kappa shape index (κ2) is 7.75. The van der Waals surface area contributed by atoms with Crippen LogP contribution in [0, 0.1) is 0 Å². The molecule has 0 saturated carbocycles. The van der Waals surface area contributed by atoms with Crippen molar-refractivity contribution in [3.63, 3.8) is 0 Å². The Balaban J connectivity index is 1.62. The van der Waals surface area contributed by atoms with Crippen molar-refractivity contribution in [3.8, 4) is 11.5 Å². The molecule has 0 spiro atoms. The van der Waals surface area contributed by atoms with Crippen LogP contribution in [-0.4, -0.2) is 30.7 Å². The van der Waals surface area contributed by atoms with Crippen molar-refractivity contribution >= 4 is 16.8 Å². The molecule has 1 amide bonds. The summed E-state index contributed by atoms with van der Waals surface area (Å²) in [5, 5.41) is 3.88. The minimum absolute atomic E-state index is 0.0907. The Morgan fingerprint density at radius 3 is 2.56 bits per heavy atom. The third kappa shape index (κ3) is 3.60. The number of hydrogen-bond acceptors (Lipinski definition) is 3. The van der Waals surface area contributed by atoms with Gasteiger partial charge in [-0.15, -0.1) is 0 Å². The summed E-state index contributed by atoms with van der Waals surface area (Å²) in [5.74, 6) is 1.26. The van der Waals surface area contributed by atoms with E-state index in [1.54, 1.807) is 7.11 Å². The summed E-state index contributed by atoms with van der Waals surface area (Å²) < 4.78 is 13.0. The monoisotopic (exact) mass is 338 g/mol. The number of rotatable bonds is 7. The van der Waals surface area contributed by atoms with Gasteiger partial charge in [-0.1, -0.05) is 30.3 Å². The Bertz CT molecular complexity index is 870. The van der Waals surface area contributed by atoms with E-state index in [0.717, 1.165) is 17.4 Å². The quantitative estimate of drug-likeness (QED) is 0.671. The highest BCUT2D eigenvalue weighted by Gasteiger charge is 2.13. The fourth-order valence-corrected chi connectivity index (χ4v) is 2.85. The van der Waals surface area contributed by atoms with Gasteiger partial charge in [-0.3, -0.25) is 4.79 Å². The molecule has 0 fully saturated rings. The standard InChI is InChI=1S/C20H22N2O3/c1-3-22-14-16(15-8-4-5-9-17(15)22)20(23)21-12-13-25-19-11-7-6-10-18(19)24-2/h4-11,14H,3,12-13H2,1-2H3,(H,21,23). The van der Waals surface area contributed by atoms with Crippen molar-refractivity contribution in [1.82, 2.24) is 9.88 Å². The number of carbonyl (C=O) groups is 1. The Morgan fingerprint density at radius 1 is 1.08 bits per heavy atom. The molecule has 5 heteroatoms. The fourth-order valence-electron chi connectivity index (χ4n) is 2.85. The minimum Gasteiger partial charge on any atom is -0.493 e. The highest BCUT2D eigenvalue weighted by atomic mass is 16.5. The number of aryl methyl sites for hydroxylation is 1. The Kier molecular flexibility index (Phi) is 5.23. The van der Waals surface area contributed by atoms with Gasteiger partial charge in [0.2, 0.25) is 0 Å². The van der Waals surface area contributed by atoms with Gasteiger partial charge in [0.15, 0.2) is 11.5 Å². The van der Waals surface area contributed by atoms with Crippen LogP contribution < -0.4 is 14.8 Å². The lowest BCUT2D eigenvalue weighted by Gasteiger charge is -2.10. The van der Waals surface area contributed by atoms with Crippen LogP contribution in [0.15, 0.2) is 54.7 Å². The number of nitrogens with one attached hydrogen (secondary N) is 1. The number of aromatic nitrogens is 1. The van der Waals surface area contributed by atoms with Gasteiger partial charge in [0.1, 0.15) is 6.61 Å². The first-order valence-corrected chi connectivity index (χ1v) is 8.36. The maximum Gasteiger partial charge on any atom is 0.253 e. The van der Waals surface area contributed by atoms with E-state index in [9.17, 15) is 4.79 Å². The Hall–Kier alpha value is -2.95. The smallest absolute Gasteiger partial charge is 0.253 e. The predicted molar refractivity (Wildman–Crippen MR) is 98.4 cm³/mol. The van der Waals surface area contributed by atoms with E-state index in [4.69, 9.17) is 9.47 Å². The highest BCUT2D eigenvalue weighted by molar-refractivity contribution is 6.07. The maximum atomic E-state index is 12.5. The molecule has 0 aliphatic rings. The molecule has 0 atom stereocenters. The van der Waals surface area contributed by atoms with E-state index in [1.807, 2.05) is 54.7 Å². The summed E-state index contributed by atoms with van der Waals surface area (Å²) in [6.07, 6.45) is 1.90. The molecule has 25 heavy (non-hydrogen) atoms. The van der Waals surface area contributed by atoms with Gasteiger partial charge >= 0.3 is 0 Å². The molecule has 3 aromatic rings. The number of nitrogens with zero attached hydrogens (tertiary/aromatic N) is 1. The largest absolute Gasteiger partial charge is 0.493 e. The molecule has 5 nitrogen and oxygen atoms in total. The average molecular weight is 338 g/mol. The van der Waals surface area contributed by atoms with Gasteiger partial charge in [-0.05, 0) is 25.1 Å². The third-order valence-corrected chi connectivity index (χ3v) is 4.09. The summed E-state index contributed by atoms with van der Waals surface area (Å²) >= 11 is 0. The van der Waals surface area contributed by atoms with Crippen LogP contribution in [0.4, 0.5) is 0 Å². The molecule has 0 aliphatic carbocycles. The molecule has 3 rings (SSSR count). The van der Waals surface area contributed by atoms with Crippen molar-refractivity contribution in [3.05, 3.63) is 60.3 Å². The first kappa shape index (κ1) is 16.9. The molecular formula is C20H22N2O3. The Morgan fingerprint density at radius 2 is 1.80 bits per heavy atom. The summed E-state index contributed by atoms with van der Waals surface area (Å²) in [6.45, 7) is 3.68. The van der Waals surface area contributed by atoms with E-state index in [1.165, 1.54) is 0 Å². The topological polar surface area (TPSA) is 52.5 Å². The lowest BCUT2D eigenvalue weighted by molar-refractivity contribution is 0.0948. The zero-order valence-electron chi connectivity index (χ0n) is 14.5. The van der Waals surface area contributed by atoms with Gasteiger partial charge in [0, 0.05) is 23.6 Å². The molecule has 2 aromatic carbocycles. The first-order chi connectivity index (χ1) is 12.2. The number of benzene rings is 2. The van der Waals surface area contributed by atoms with Gasteiger partial charge in [-0.2, -0.15) is 0 Å². The lowest BCUT2D eigenvalue weighted by atomic mass is 10.1. The number of carbonyl (C=O) groups excluding carboxylic acids is 1. The molecule has 0 unspecified atom stereocenters. The number of methoxy groups -OCH3 is 1. The number of ether oxygens (including phenoxy) is 2. The minimum atomic E-state index is -0.0907. The second-order valence-electron chi connectivity index (χ2n) is 5.60. The van der Waals surface area contributed by atoms with Crippen LogP contribution in [0.25, 0.3) is 10.9 Å². The molecule has 1 aromatic heterocycles. The van der Waals surface area contributed by atoms with Crippen molar-refractivity contribution in [1.29, 1.82) is 0 Å². The number of fused-ring (bicyclic) bond motifs is 1. The zero-order valence-corrected chi connectivity index (χ0v) is 14.5. The summed E-state index contributed by atoms with van der Waals surface area (Å²) in [7, 11) is 1.60. The zero-order chi connectivity index (χ0) is 17.6. The average Bonchev–Trinajstić information content (AvgIpc) is 3.04. The van der Waals surface area contributed by atoms with Gasteiger partial charge in [0.25, 0.3) is 5.91 Å². The molecule has 130 valence electrons.